The third kappa shape index (κ3) is 5.73. The van der Waals surface area contributed by atoms with Gasteiger partial charge in [-0.15, -0.1) is 0 Å². The van der Waals surface area contributed by atoms with E-state index in [2.05, 4.69) is 37.1 Å². The Morgan fingerprint density at radius 1 is 1.16 bits per heavy atom. The van der Waals surface area contributed by atoms with Gasteiger partial charge in [0.15, 0.2) is 5.82 Å². The minimum Gasteiger partial charge on any atom is -0.494 e. The Morgan fingerprint density at radius 2 is 1.95 bits per heavy atom. The molecule has 0 unspecified atom stereocenters. The number of ether oxygens (including phenoxy) is 1. The van der Waals surface area contributed by atoms with Gasteiger partial charge in [-0.05, 0) is 38.4 Å². The van der Waals surface area contributed by atoms with Crippen molar-refractivity contribution in [2.75, 3.05) is 56.9 Å². The summed E-state index contributed by atoms with van der Waals surface area (Å²) in [5.41, 5.74) is 3.21. The number of benzene rings is 1. The van der Waals surface area contributed by atoms with Crippen LogP contribution in [-0.2, 0) is 11.8 Å². The Balaban J connectivity index is 1.71. The van der Waals surface area contributed by atoms with Gasteiger partial charge in [0.2, 0.25) is 11.9 Å². The molecular formula is C27H31FN8O2. The summed E-state index contributed by atoms with van der Waals surface area (Å²) in [6.07, 6.45) is 5.78. The zero-order valence-electron chi connectivity index (χ0n) is 22.1. The summed E-state index contributed by atoms with van der Waals surface area (Å²) in [5, 5.41) is 6.83. The highest BCUT2D eigenvalue weighted by Crippen LogP contribution is 2.38. The van der Waals surface area contributed by atoms with E-state index >= 15 is 0 Å². The molecule has 1 amide bonds. The van der Waals surface area contributed by atoms with Crippen molar-refractivity contribution >= 4 is 40.0 Å². The van der Waals surface area contributed by atoms with E-state index in [1.54, 1.807) is 19.4 Å². The number of amides is 1. The molecule has 11 heteroatoms. The lowest BCUT2D eigenvalue weighted by atomic mass is 10.1. The van der Waals surface area contributed by atoms with Crippen molar-refractivity contribution in [3.63, 3.8) is 0 Å². The van der Waals surface area contributed by atoms with Gasteiger partial charge in [0.1, 0.15) is 17.1 Å². The Kier molecular flexibility index (Phi) is 7.87. The lowest BCUT2D eigenvalue weighted by Crippen LogP contribution is -2.29. The average molecular weight is 519 g/mol. The minimum atomic E-state index is -0.573. The van der Waals surface area contributed by atoms with E-state index < -0.39 is 5.82 Å². The van der Waals surface area contributed by atoms with Crippen LogP contribution in [0.4, 0.5) is 27.4 Å². The summed E-state index contributed by atoms with van der Waals surface area (Å²) in [7, 11) is 9.36. The normalized spacial score (nSPS) is 11.0. The van der Waals surface area contributed by atoms with Gasteiger partial charge < -0.3 is 29.7 Å². The van der Waals surface area contributed by atoms with Gasteiger partial charge in [0, 0.05) is 56.6 Å². The molecule has 38 heavy (non-hydrogen) atoms. The Hall–Kier alpha value is -4.51. The molecule has 3 aromatic heterocycles. The summed E-state index contributed by atoms with van der Waals surface area (Å²) in [6.45, 7) is 5.07. The van der Waals surface area contributed by atoms with Crippen LogP contribution in [0.1, 0.15) is 0 Å². The molecule has 0 spiro atoms. The number of nitrogens with one attached hydrogen (secondary N) is 2. The SMILES string of the molecule is C=CC(=O)Nc1cc(Nc2ncc(F)c(-c3cnc4c(ccn4C)c3)n2)c(OC)cc1N(C)CCN(C)C. The van der Waals surface area contributed by atoms with Crippen molar-refractivity contribution in [2.45, 2.75) is 0 Å². The van der Waals surface area contributed by atoms with Crippen LogP contribution in [0.3, 0.4) is 0 Å². The smallest absolute Gasteiger partial charge is 0.247 e. The topological polar surface area (TPSA) is 100 Å². The molecule has 0 aliphatic heterocycles. The van der Waals surface area contributed by atoms with Gasteiger partial charge in [0.25, 0.3) is 0 Å². The number of halogens is 1. The van der Waals surface area contributed by atoms with Crippen LogP contribution in [0, 0.1) is 5.82 Å². The highest BCUT2D eigenvalue weighted by atomic mass is 19.1. The maximum atomic E-state index is 14.8. The maximum absolute atomic E-state index is 14.8. The van der Waals surface area contributed by atoms with Gasteiger partial charge in [-0.1, -0.05) is 6.58 Å². The van der Waals surface area contributed by atoms with Crippen LogP contribution in [0.2, 0.25) is 0 Å². The first-order chi connectivity index (χ1) is 18.2. The van der Waals surface area contributed by atoms with Crippen LogP contribution in [0.5, 0.6) is 5.75 Å². The van der Waals surface area contributed by atoms with Crippen molar-refractivity contribution in [2.24, 2.45) is 7.05 Å². The number of carbonyl (C=O) groups is 1. The summed E-state index contributed by atoms with van der Waals surface area (Å²) in [5.74, 6) is -0.276. The van der Waals surface area contributed by atoms with Crippen LogP contribution in [0.25, 0.3) is 22.3 Å². The third-order valence-electron chi connectivity index (χ3n) is 6.03. The first kappa shape index (κ1) is 26.6. The Bertz CT molecular complexity index is 1480. The molecule has 0 bridgehead atoms. The third-order valence-corrected chi connectivity index (χ3v) is 6.03. The summed E-state index contributed by atoms with van der Waals surface area (Å²) < 4.78 is 22.3. The average Bonchev–Trinajstić information content (AvgIpc) is 3.28. The van der Waals surface area contributed by atoms with Crippen molar-refractivity contribution < 1.29 is 13.9 Å². The molecule has 0 aliphatic rings. The van der Waals surface area contributed by atoms with E-state index in [9.17, 15) is 9.18 Å². The molecule has 198 valence electrons. The van der Waals surface area contributed by atoms with E-state index in [-0.39, 0.29) is 17.5 Å². The van der Waals surface area contributed by atoms with E-state index in [1.165, 1.54) is 6.08 Å². The molecule has 0 radical (unpaired) electrons. The van der Waals surface area contributed by atoms with Crippen molar-refractivity contribution in [1.29, 1.82) is 0 Å². The lowest BCUT2D eigenvalue weighted by molar-refractivity contribution is -0.111. The number of methoxy groups -OCH3 is 1. The number of nitrogens with zero attached hydrogens (tertiary/aromatic N) is 6. The molecule has 4 rings (SSSR count). The molecule has 0 saturated carbocycles. The number of likely N-dealkylation sites (N-methyl/N-ethyl adjacent to an activating group) is 2. The second-order valence-corrected chi connectivity index (χ2v) is 9.07. The maximum Gasteiger partial charge on any atom is 0.247 e. The highest BCUT2D eigenvalue weighted by Gasteiger charge is 2.18. The predicted octanol–water partition coefficient (Wildman–Crippen LogP) is 4.04. The molecular weight excluding hydrogens is 487 g/mol. The number of fused-ring (bicyclic) bond motifs is 1. The van der Waals surface area contributed by atoms with Crippen LogP contribution in [-0.4, -0.2) is 71.7 Å². The number of carbonyl (C=O) groups excluding carboxylic acids is 1. The number of pyridine rings is 1. The molecule has 0 saturated heterocycles. The fraction of sp³-hybridized carbons (Fsp3) is 0.259. The molecule has 0 fully saturated rings. The van der Waals surface area contributed by atoms with E-state index in [1.807, 2.05) is 62.1 Å². The van der Waals surface area contributed by atoms with Gasteiger partial charge in [-0.3, -0.25) is 4.79 Å². The molecule has 3 heterocycles. The van der Waals surface area contributed by atoms with Crippen LogP contribution < -0.4 is 20.3 Å². The van der Waals surface area contributed by atoms with Crippen LogP contribution in [0.15, 0.2) is 55.5 Å². The first-order valence-corrected chi connectivity index (χ1v) is 11.9. The fourth-order valence-electron chi connectivity index (χ4n) is 3.94. The zero-order chi connectivity index (χ0) is 27.4. The van der Waals surface area contributed by atoms with Crippen LogP contribution >= 0.6 is 0 Å². The Labute approximate surface area is 220 Å². The lowest BCUT2D eigenvalue weighted by Gasteiger charge is -2.26. The monoisotopic (exact) mass is 518 g/mol. The number of anilines is 4. The van der Waals surface area contributed by atoms with E-state index in [0.717, 1.165) is 29.5 Å². The first-order valence-electron chi connectivity index (χ1n) is 11.9. The quantitative estimate of drug-likeness (QED) is 0.304. The number of hydrogen-bond donors (Lipinski definition) is 2. The summed E-state index contributed by atoms with van der Waals surface area (Å²) in [6, 6.07) is 7.28. The molecule has 2 N–H and O–H groups in total. The second kappa shape index (κ2) is 11.3. The largest absolute Gasteiger partial charge is 0.494 e. The van der Waals surface area contributed by atoms with Crippen molar-refractivity contribution in [3.8, 4) is 17.0 Å². The molecule has 1 aromatic carbocycles. The standard InChI is InChI=1S/C27H31FN8O2/c1-7-24(37)31-20-13-21(23(38-6)14-22(20)35(4)11-10-34(2)3)32-27-30-16-19(28)25(33-27)18-12-17-8-9-36(5)26(17)29-15-18/h7-9,12-16H,1,10-11H2,2-6H3,(H,31,37)(H,30,32,33). The molecule has 0 atom stereocenters. The van der Waals surface area contributed by atoms with Gasteiger partial charge in [-0.2, -0.15) is 0 Å². The number of hydrogen-bond acceptors (Lipinski definition) is 8. The van der Waals surface area contributed by atoms with E-state index in [4.69, 9.17) is 4.74 Å². The predicted molar refractivity (Wildman–Crippen MR) is 149 cm³/mol. The Morgan fingerprint density at radius 3 is 2.66 bits per heavy atom. The van der Waals surface area contributed by atoms with E-state index in [0.29, 0.717) is 29.2 Å². The number of rotatable bonds is 10. The zero-order valence-corrected chi connectivity index (χ0v) is 22.1. The molecule has 4 aromatic rings. The van der Waals surface area contributed by atoms with Crippen molar-refractivity contribution in [3.05, 3.63) is 61.3 Å². The van der Waals surface area contributed by atoms with Gasteiger partial charge >= 0.3 is 0 Å². The summed E-state index contributed by atoms with van der Waals surface area (Å²) >= 11 is 0. The van der Waals surface area contributed by atoms with Crippen molar-refractivity contribution in [1.82, 2.24) is 24.4 Å². The van der Waals surface area contributed by atoms with Gasteiger partial charge in [-0.25, -0.2) is 19.3 Å². The second-order valence-electron chi connectivity index (χ2n) is 9.07. The number of aryl methyl sites for hydroxylation is 1. The number of aromatic nitrogens is 4. The summed E-state index contributed by atoms with van der Waals surface area (Å²) in [4.78, 5) is 29.3. The fourth-order valence-corrected chi connectivity index (χ4v) is 3.94. The van der Waals surface area contributed by atoms with Gasteiger partial charge in [0.05, 0.1) is 30.4 Å². The molecule has 10 nitrogen and oxygen atoms in total. The minimum absolute atomic E-state index is 0.111. The molecule has 0 aliphatic carbocycles. The highest BCUT2D eigenvalue weighted by molar-refractivity contribution is 6.02.